The molecule has 0 heterocycles. The number of ether oxygens (including phenoxy) is 9. The van der Waals surface area contributed by atoms with Crippen molar-refractivity contribution in [3.8, 4) is 0 Å². The molecule has 0 aromatic heterocycles. The molecule has 7 aliphatic carbocycles. The molecule has 18 heteroatoms. The van der Waals surface area contributed by atoms with E-state index in [1.807, 2.05) is 215 Å². The van der Waals surface area contributed by atoms with Crippen LogP contribution in [0.25, 0.3) is 0 Å². The lowest BCUT2D eigenvalue weighted by atomic mass is 9.70. The lowest BCUT2D eigenvalue weighted by Crippen LogP contribution is -2.40. The number of esters is 9. The van der Waals surface area contributed by atoms with Crippen molar-refractivity contribution in [1.82, 2.24) is 0 Å². The highest BCUT2D eigenvalue weighted by Crippen LogP contribution is 2.66. The molecule has 0 aliphatic heterocycles. The van der Waals surface area contributed by atoms with Crippen LogP contribution in [-0.2, 0) is 85.8 Å². The minimum atomic E-state index is -0.345. The smallest absolute Gasteiger partial charge is 0.311 e. The van der Waals surface area contributed by atoms with Gasteiger partial charge in [-0.2, -0.15) is 0 Å². The maximum absolute atomic E-state index is 12.3. The Morgan fingerprint density at radius 3 is 0.724 bits per heavy atom. The van der Waals surface area contributed by atoms with Gasteiger partial charge >= 0.3 is 53.7 Å². The summed E-state index contributed by atoms with van der Waals surface area (Å²) in [5, 5.41) is 0. The van der Waals surface area contributed by atoms with Crippen LogP contribution in [0.5, 0.6) is 0 Å². The van der Waals surface area contributed by atoms with Gasteiger partial charge in [-0.3, -0.25) is 43.2 Å². The van der Waals surface area contributed by atoms with Crippen LogP contribution in [0.4, 0.5) is 0 Å². The maximum atomic E-state index is 12.3. The lowest BCUT2D eigenvalue weighted by molar-refractivity contribution is -0.168. The van der Waals surface area contributed by atoms with E-state index in [1.54, 1.807) is 0 Å². The van der Waals surface area contributed by atoms with Gasteiger partial charge in [0.05, 0.1) is 67.5 Å². The predicted molar refractivity (Wildman–Crippen MR) is 554 cm³/mol. The Balaban J connectivity index is 0. The highest BCUT2D eigenvalue weighted by molar-refractivity contribution is 5.79. The number of hydrogen-bond donors (Lipinski definition) is 0. The summed E-state index contributed by atoms with van der Waals surface area (Å²) in [6.07, 6.45) is 43.2. The molecular weight excluding hydrogens is 1680 g/mol. The molecular formula is C116H218O18. The van der Waals surface area contributed by atoms with Gasteiger partial charge in [-0.1, -0.05) is 177 Å². The van der Waals surface area contributed by atoms with Gasteiger partial charge < -0.3 is 42.6 Å². The number of hydrogen-bond acceptors (Lipinski definition) is 18. The monoisotopic (exact) mass is 1900 g/mol. The quantitative estimate of drug-likeness (QED) is 0.0449. The first-order chi connectivity index (χ1) is 61.4. The normalized spacial score (nSPS) is 21.7. The van der Waals surface area contributed by atoms with Gasteiger partial charge in [0.1, 0.15) is 36.6 Å². The molecule has 4 unspecified atom stereocenters. The van der Waals surface area contributed by atoms with Crippen molar-refractivity contribution in [3.05, 3.63) is 0 Å². The Bertz CT molecular complexity index is 3110. The molecule has 0 spiro atoms. The molecule has 0 aromatic rings. The second-order valence-electron chi connectivity index (χ2n) is 50.1. The summed E-state index contributed by atoms with van der Waals surface area (Å²) in [5.41, 5.74) is -1.66. The minimum absolute atomic E-state index is 0.00618. The molecule has 134 heavy (non-hydrogen) atoms. The summed E-state index contributed by atoms with van der Waals surface area (Å²) in [5.74, 6) is 2.42. The van der Waals surface area contributed by atoms with E-state index >= 15 is 0 Å². The number of carbonyl (C=O) groups is 9. The third-order valence-electron chi connectivity index (χ3n) is 32.4. The third kappa shape index (κ3) is 47.7. The van der Waals surface area contributed by atoms with E-state index in [0.29, 0.717) is 28.8 Å². The van der Waals surface area contributed by atoms with Crippen molar-refractivity contribution in [3.63, 3.8) is 0 Å². The molecule has 4 atom stereocenters. The number of unbranched alkanes of at least 4 members (excludes halogenated alkanes) is 1. The van der Waals surface area contributed by atoms with Gasteiger partial charge in [0.15, 0.2) is 0 Å². The van der Waals surface area contributed by atoms with Crippen LogP contribution < -0.4 is 0 Å². The predicted octanol–water partition coefficient (Wildman–Crippen LogP) is 32.1. The summed E-state index contributed by atoms with van der Waals surface area (Å²) in [4.78, 5) is 106. The molecule has 790 valence electrons. The standard InChI is InChI=1S/C16H28O2.2C16H30O2.C14H28O2.3C12H22O2.2C9H18O2/c1-7-14(2,3)13(17)18-12-10-11-8-9-16(12,6)15(11,4)5;2*1-7-16(5,6)14(17)18-13-10-8-12(9-11-13)15(2,3)4;1-6-9-10-12(7-2)11-16-13(15)14(4,5)8-3;3*1-4-12(2,3)11(13)14-10-8-6-5-7-9-10;2*1-6-9(4,5)8(10)11-7(2)3/h11-12H,7-10H2,1-6H3;2*12-13H,7-11H2,1-6H3;12H,6-11H2,1-5H3;3*10H,4-9H2,1-3H3;2*7H,6H2,1-5H3. The molecule has 7 rings (SSSR count). The highest BCUT2D eigenvalue weighted by Gasteiger charge is 2.63. The summed E-state index contributed by atoms with van der Waals surface area (Å²) in [6.45, 7) is 86.6. The average molecular weight is 1900 g/mol. The molecule has 0 amide bonds. The van der Waals surface area contributed by atoms with Gasteiger partial charge in [-0.15, -0.1) is 0 Å². The lowest BCUT2D eigenvalue weighted by Gasteiger charge is -2.39. The SMILES string of the molecule is CCC(C)(C)C(=O)OC(C)C.CCC(C)(C)C(=O)OC(C)C.CCC(C)(C)C(=O)OC1CC2CCC1(C)C2(C)C.CCC(C)(C)C(=O)OC1CCC(C(C)(C)C)CC1.CCC(C)(C)C(=O)OC1CCC(C(C)(C)C)CC1.CCC(C)(C)C(=O)OC1CCCCC1.CCC(C)(C)C(=O)OC1CCCCC1.CCC(C)(C)C(=O)OC1CCCCC1.CCCCC(CC)COC(=O)C(C)(C)CC. The number of carbonyl (C=O) groups excluding carboxylic acids is 9. The van der Waals surface area contributed by atoms with Gasteiger partial charge in [0.2, 0.25) is 0 Å². The van der Waals surface area contributed by atoms with Crippen molar-refractivity contribution in [2.24, 2.45) is 94.1 Å². The molecule has 0 saturated heterocycles. The molecule has 0 radical (unpaired) electrons. The Kier molecular flexibility index (Phi) is 59.3. The van der Waals surface area contributed by atoms with Crippen LogP contribution in [0.1, 0.15) is 541 Å². The van der Waals surface area contributed by atoms with Gasteiger partial charge in [0.25, 0.3) is 0 Å². The topological polar surface area (TPSA) is 237 Å². The van der Waals surface area contributed by atoms with Gasteiger partial charge in [-0.25, -0.2) is 0 Å². The molecule has 0 aromatic carbocycles. The third-order valence-corrected chi connectivity index (χ3v) is 32.4. The van der Waals surface area contributed by atoms with E-state index in [9.17, 15) is 43.2 Å². The summed E-state index contributed by atoms with van der Waals surface area (Å²) >= 11 is 0. The van der Waals surface area contributed by atoms with Crippen molar-refractivity contribution in [2.75, 3.05) is 6.61 Å². The maximum Gasteiger partial charge on any atom is 0.311 e. The molecule has 7 saturated carbocycles. The minimum Gasteiger partial charge on any atom is -0.465 e. The van der Waals surface area contributed by atoms with Crippen molar-refractivity contribution in [2.45, 2.75) is 590 Å². The summed E-state index contributed by atoms with van der Waals surface area (Å²) < 4.78 is 49.3. The van der Waals surface area contributed by atoms with Crippen LogP contribution in [0.15, 0.2) is 0 Å². The fourth-order valence-electron chi connectivity index (χ4n) is 16.1. The molecule has 0 N–H and O–H groups in total. The second-order valence-corrected chi connectivity index (χ2v) is 50.1. The molecule has 18 nitrogen and oxygen atoms in total. The van der Waals surface area contributed by atoms with Crippen LogP contribution in [0, 0.1) is 94.1 Å². The average Bonchev–Trinajstić information content (AvgIpc) is 1.56. The van der Waals surface area contributed by atoms with Crippen LogP contribution in [0.2, 0.25) is 0 Å². The zero-order valence-corrected chi connectivity index (χ0v) is 95.6. The van der Waals surface area contributed by atoms with E-state index < -0.39 is 0 Å². The first kappa shape index (κ1) is 131. The zero-order valence-electron chi connectivity index (χ0n) is 95.6. The van der Waals surface area contributed by atoms with Crippen LogP contribution in [-0.4, -0.2) is 109 Å². The Morgan fingerprint density at radius 2 is 0.522 bits per heavy atom. The van der Waals surface area contributed by atoms with Gasteiger partial charge in [-0.05, 0) is 404 Å². The van der Waals surface area contributed by atoms with Crippen molar-refractivity contribution < 1.29 is 85.8 Å². The van der Waals surface area contributed by atoms with E-state index in [1.165, 1.54) is 116 Å². The van der Waals surface area contributed by atoms with Crippen LogP contribution in [0.3, 0.4) is 0 Å². The van der Waals surface area contributed by atoms with E-state index in [2.05, 4.69) is 76.2 Å². The molecule has 7 aliphatic rings. The molecule has 2 bridgehead atoms. The Labute approximate surface area is 825 Å². The Morgan fingerprint density at radius 1 is 0.291 bits per heavy atom. The first-order valence-corrected chi connectivity index (χ1v) is 54.3. The fraction of sp³-hybridized carbons (Fsp3) is 0.922. The van der Waals surface area contributed by atoms with E-state index in [-0.39, 0.29) is 157 Å². The summed E-state index contributed by atoms with van der Waals surface area (Å²) in [7, 11) is 0. The molecule has 7 fully saturated rings. The van der Waals surface area contributed by atoms with E-state index in [0.717, 1.165) is 153 Å². The second kappa shape index (κ2) is 60.5. The fourth-order valence-corrected chi connectivity index (χ4v) is 16.1. The zero-order chi connectivity index (χ0) is 104. The number of rotatable bonds is 32. The van der Waals surface area contributed by atoms with Gasteiger partial charge in [0, 0.05) is 5.41 Å². The van der Waals surface area contributed by atoms with E-state index in [4.69, 9.17) is 42.6 Å². The number of fused-ring (bicyclic) bond motifs is 2. The Hall–Kier alpha value is -4.77. The van der Waals surface area contributed by atoms with Crippen LogP contribution >= 0.6 is 0 Å². The largest absolute Gasteiger partial charge is 0.465 e. The van der Waals surface area contributed by atoms with Crippen molar-refractivity contribution >= 4 is 53.7 Å². The summed E-state index contributed by atoms with van der Waals surface area (Å²) in [6, 6.07) is 0. The van der Waals surface area contributed by atoms with Crippen molar-refractivity contribution in [1.29, 1.82) is 0 Å². The first-order valence-electron chi connectivity index (χ1n) is 54.3. The highest BCUT2D eigenvalue weighted by atomic mass is 16.6.